The van der Waals surface area contributed by atoms with Crippen LogP contribution in [-0.2, 0) is 13.0 Å². The molecule has 0 saturated carbocycles. The Balaban J connectivity index is 1.53. The number of aromatic hydroxyl groups is 1. The van der Waals surface area contributed by atoms with E-state index in [-0.39, 0.29) is 35.6 Å². The van der Waals surface area contributed by atoms with Crippen molar-refractivity contribution in [1.29, 1.82) is 0 Å². The molecule has 2 amide bonds. The predicted molar refractivity (Wildman–Crippen MR) is 100 cm³/mol. The summed E-state index contributed by atoms with van der Waals surface area (Å²) in [5.41, 5.74) is -0.814. The molecule has 156 valence electrons. The number of hydrogen-bond acceptors (Lipinski definition) is 5. The van der Waals surface area contributed by atoms with Crippen molar-refractivity contribution in [3.8, 4) is 5.75 Å². The average molecular weight is 416 g/mol. The second kappa shape index (κ2) is 6.63. The first-order chi connectivity index (χ1) is 14.4. The summed E-state index contributed by atoms with van der Waals surface area (Å²) in [6.45, 7) is 0.833. The summed E-state index contributed by atoms with van der Waals surface area (Å²) in [7, 11) is 0. The lowest BCUT2D eigenvalue weighted by atomic mass is 10.1. The molecule has 4 heterocycles. The summed E-state index contributed by atoms with van der Waals surface area (Å²) in [6, 6.07) is 2.79. The summed E-state index contributed by atoms with van der Waals surface area (Å²) < 4.78 is 28.5. The number of carbonyl (C=O) groups excluding carboxylic acids is 2. The van der Waals surface area contributed by atoms with Gasteiger partial charge in [-0.2, -0.15) is 0 Å². The lowest BCUT2D eigenvalue weighted by molar-refractivity contribution is 0.0592. The third kappa shape index (κ3) is 2.56. The molecule has 10 heteroatoms. The molecule has 3 aliphatic rings. The van der Waals surface area contributed by atoms with Crippen LogP contribution in [0.4, 0.5) is 8.78 Å². The van der Waals surface area contributed by atoms with Crippen LogP contribution in [0, 0.1) is 11.6 Å². The summed E-state index contributed by atoms with van der Waals surface area (Å²) in [4.78, 5) is 40.1. The van der Waals surface area contributed by atoms with Crippen molar-refractivity contribution in [2.75, 3.05) is 13.1 Å². The summed E-state index contributed by atoms with van der Waals surface area (Å²) in [6.07, 6.45) is 0.738. The SMILES string of the molecule is O=C(NCc1ccc(F)cc1F)c1c2n3c(c(O)c1=O)C(=O)N1CCNC1C3CC2. The van der Waals surface area contributed by atoms with Gasteiger partial charge in [0.15, 0.2) is 11.4 Å². The van der Waals surface area contributed by atoms with Crippen molar-refractivity contribution in [1.82, 2.24) is 20.1 Å². The standard InChI is InChI=1S/C20H18F2N4O4/c21-10-2-1-9(11(22)7-10)8-24-19(29)14-12-3-4-13-18-23-5-6-25(18)20(30)15(26(12)13)17(28)16(14)27/h1-2,7,13,18,23,28H,3-6,8H2,(H,24,29). The lowest BCUT2D eigenvalue weighted by Gasteiger charge is -2.37. The van der Waals surface area contributed by atoms with Gasteiger partial charge in [-0.05, 0) is 18.9 Å². The second-order valence-electron chi connectivity index (χ2n) is 7.64. The Morgan fingerprint density at radius 3 is 2.87 bits per heavy atom. The summed E-state index contributed by atoms with van der Waals surface area (Å²) >= 11 is 0. The van der Waals surface area contributed by atoms with E-state index in [1.807, 2.05) is 0 Å². The van der Waals surface area contributed by atoms with Crippen LogP contribution < -0.4 is 16.1 Å². The van der Waals surface area contributed by atoms with E-state index < -0.39 is 34.6 Å². The van der Waals surface area contributed by atoms with Crippen molar-refractivity contribution in [3.05, 3.63) is 62.6 Å². The van der Waals surface area contributed by atoms with E-state index in [9.17, 15) is 28.3 Å². The maximum atomic E-state index is 13.8. The van der Waals surface area contributed by atoms with Crippen molar-refractivity contribution >= 4 is 11.8 Å². The molecule has 0 radical (unpaired) electrons. The van der Waals surface area contributed by atoms with Crippen molar-refractivity contribution < 1.29 is 23.5 Å². The van der Waals surface area contributed by atoms with Crippen LogP contribution in [0.1, 0.15) is 44.6 Å². The Kier molecular flexibility index (Phi) is 4.14. The zero-order valence-electron chi connectivity index (χ0n) is 15.7. The molecule has 1 fully saturated rings. The lowest BCUT2D eigenvalue weighted by Crippen LogP contribution is -2.51. The van der Waals surface area contributed by atoms with E-state index in [4.69, 9.17) is 0 Å². The van der Waals surface area contributed by atoms with E-state index in [0.29, 0.717) is 37.7 Å². The molecule has 8 nitrogen and oxygen atoms in total. The minimum Gasteiger partial charge on any atom is -0.503 e. The van der Waals surface area contributed by atoms with Crippen molar-refractivity contribution in [2.24, 2.45) is 0 Å². The highest BCUT2D eigenvalue weighted by Crippen LogP contribution is 2.40. The number of pyridine rings is 1. The molecule has 1 saturated heterocycles. The van der Waals surface area contributed by atoms with Crippen LogP contribution in [0.15, 0.2) is 23.0 Å². The fraction of sp³-hybridized carbons (Fsp3) is 0.350. The number of hydrogen-bond donors (Lipinski definition) is 3. The van der Waals surface area contributed by atoms with E-state index in [1.165, 1.54) is 6.07 Å². The highest BCUT2D eigenvalue weighted by molar-refractivity contribution is 6.00. The topological polar surface area (TPSA) is 104 Å². The van der Waals surface area contributed by atoms with Gasteiger partial charge >= 0.3 is 0 Å². The minimum atomic E-state index is -0.923. The highest BCUT2D eigenvalue weighted by atomic mass is 19.1. The minimum absolute atomic E-state index is 0.0577. The van der Waals surface area contributed by atoms with Crippen LogP contribution in [0.3, 0.4) is 0 Å². The van der Waals surface area contributed by atoms with Gasteiger partial charge in [0.2, 0.25) is 5.43 Å². The van der Waals surface area contributed by atoms with Gasteiger partial charge in [-0.3, -0.25) is 19.7 Å². The number of nitrogens with one attached hydrogen (secondary N) is 2. The van der Waals surface area contributed by atoms with Gasteiger partial charge in [0, 0.05) is 37.0 Å². The Labute approximate surface area is 169 Å². The number of fused-ring (bicyclic) bond motifs is 2. The van der Waals surface area contributed by atoms with E-state index in [2.05, 4.69) is 10.6 Å². The van der Waals surface area contributed by atoms with Gasteiger partial charge in [-0.25, -0.2) is 8.78 Å². The smallest absolute Gasteiger partial charge is 0.275 e. The van der Waals surface area contributed by atoms with Gasteiger partial charge in [0.25, 0.3) is 11.8 Å². The van der Waals surface area contributed by atoms with E-state index in [1.54, 1.807) is 9.47 Å². The fourth-order valence-corrected chi connectivity index (χ4v) is 4.71. The number of rotatable bonds is 3. The highest BCUT2D eigenvalue weighted by Gasteiger charge is 2.48. The molecule has 3 N–H and O–H groups in total. The Bertz CT molecular complexity index is 1160. The molecule has 2 atom stereocenters. The number of halogens is 2. The zero-order valence-corrected chi connectivity index (χ0v) is 15.7. The number of aromatic nitrogens is 1. The van der Waals surface area contributed by atoms with Gasteiger partial charge in [-0.1, -0.05) is 6.07 Å². The number of amides is 2. The molecule has 2 unspecified atom stereocenters. The average Bonchev–Trinajstić information content (AvgIpc) is 3.35. The van der Waals surface area contributed by atoms with Crippen LogP contribution in [0.5, 0.6) is 5.75 Å². The summed E-state index contributed by atoms with van der Waals surface area (Å²) in [5, 5.41) is 16.2. The molecule has 1 aromatic carbocycles. The van der Waals surface area contributed by atoms with Crippen LogP contribution in [0.25, 0.3) is 0 Å². The third-order valence-corrected chi connectivity index (χ3v) is 6.05. The molecule has 0 spiro atoms. The summed E-state index contributed by atoms with van der Waals surface area (Å²) in [5.74, 6) is -3.53. The maximum absolute atomic E-state index is 13.8. The first-order valence-corrected chi connectivity index (χ1v) is 9.65. The molecule has 5 rings (SSSR count). The third-order valence-electron chi connectivity index (χ3n) is 6.05. The number of carbonyl (C=O) groups is 2. The first-order valence-electron chi connectivity index (χ1n) is 9.65. The van der Waals surface area contributed by atoms with Crippen molar-refractivity contribution in [3.63, 3.8) is 0 Å². The maximum Gasteiger partial charge on any atom is 0.275 e. The van der Waals surface area contributed by atoms with Gasteiger partial charge < -0.3 is 19.9 Å². The zero-order chi connectivity index (χ0) is 21.2. The van der Waals surface area contributed by atoms with Gasteiger partial charge in [0.1, 0.15) is 23.4 Å². The molecular weight excluding hydrogens is 398 g/mol. The van der Waals surface area contributed by atoms with E-state index >= 15 is 0 Å². The molecule has 2 aromatic rings. The van der Waals surface area contributed by atoms with Crippen LogP contribution in [-0.4, -0.2) is 45.6 Å². The Morgan fingerprint density at radius 2 is 2.10 bits per heavy atom. The fourth-order valence-electron chi connectivity index (χ4n) is 4.71. The molecule has 30 heavy (non-hydrogen) atoms. The monoisotopic (exact) mass is 416 g/mol. The van der Waals surface area contributed by atoms with Crippen molar-refractivity contribution in [2.45, 2.75) is 31.6 Å². The molecule has 3 aliphatic heterocycles. The van der Waals surface area contributed by atoms with Gasteiger partial charge in [0.05, 0.1) is 6.04 Å². The molecule has 0 aliphatic carbocycles. The largest absolute Gasteiger partial charge is 0.503 e. The molecule has 0 bridgehead atoms. The normalized spacial score (nSPS) is 21.5. The number of nitrogens with zero attached hydrogens (tertiary/aromatic N) is 2. The Morgan fingerprint density at radius 1 is 1.30 bits per heavy atom. The molecule has 1 aromatic heterocycles. The van der Waals surface area contributed by atoms with E-state index in [0.717, 1.165) is 6.07 Å². The number of benzene rings is 1. The van der Waals surface area contributed by atoms with Crippen LogP contribution >= 0.6 is 0 Å². The predicted octanol–water partition coefficient (Wildman–Crippen LogP) is 0.634. The van der Waals surface area contributed by atoms with Gasteiger partial charge in [-0.15, -0.1) is 0 Å². The Hall–Kier alpha value is -3.27. The first kappa shape index (κ1) is 18.7. The quantitative estimate of drug-likeness (QED) is 0.681. The van der Waals surface area contributed by atoms with Crippen LogP contribution in [0.2, 0.25) is 0 Å². The second-order valence-corrected chi connectivity index (χ2v) is 7.64. The molecular formula is C20H18F2N4O4.